The number of nitrogens with zero attached hydrogens (tertiary/aromatic N) is 21. The van der Waals surface area contributed by atoms with Crippen molar-refractivity contribution < 1.29 is 64.9 Å². The van der Waals surface area contributed by atoms with E-state index >= 15 is 0 Å². The van der Waals surface area contributed by atoms with Gasteiger partial charge in [0, 0.05) is 257 Å². The Bertz CT molecular complexity index is 7650. The molecule has 1 unspecified atom stereocenters. The molecule has 10 heterocycles. The molecule has 2 fully saturated rings. The molecule has 2 aliphatic heterocycles. The number of benzene rings is 9. The topological polar surface area (TPSA) is 352 Å². The van der Waals surface area contributed by atoms with E-state index in [-0.39, 0.29) is 54.5 Å². The normalized spacial score (nSPS) is 14.0. The Kier molecular flexibility index (Phi) is 29.2. The molecular weight excluding hydrogens is 1840 g/mol. The van der Waals surface area contributed by atoms with E-state index in [2.05, 4.69) is 98.7 Å². The standard InChI is InChI=1S/C29H23FN6O3.C29H36N6O3.C26H28N6O3.C25H30N6O2/c1-34-17-18(15-32-34)27-16-31-25-8-7-20(14-26(25)33-27)35(21-11-19(30)12-22(13-21)39-2)9-10-36-28(37)23-5-3-4-6-24(23)29(36)38;1-20(2)30-10-11-34(23-13-24(36-3)16-25(14-23)37-4)22-8-9-26-27(15-22)33-28(18-31-26)21-17-32-35(19-21)29-7-5-6-12-38-29;1-31-16-18(14-29-31)25-15-28-23-7-6-19(12-24(23)30-25)32(9-8-27-26(33)17-4-5-17)20-10-21(34-2)13-22(11-20)35-3;1-17(2)26-8-9-31(20-10-21(32-4)13-22(11-20)33-5)19-6-7-23-24(12-19)29-25(15-27-23)18-14-28-30(3)16-18/h3-8,11-17H,9-10H2,1-2H3;8-9,13-20,29-30H,5-7,10-12H2,1-4H3;6-7,10-17H,4-5,8-9H2,1-3H3,(H,27,33);6-7,10-17,26H,8-9H2,1-5H3/i;3D3;;4D3. The molecule has 20 rings (SSSR count). The van der Waals surface area contributed by atoms with E-state index in [1.165, 1.54) is 31.3 Å². The summed E-state index contributed by atoms with van der Waals surface area (Å²) in [6, 6.07) is 51.0. The quantitative estimate of drug-likeness (QED) is 0.0311. The summed E-state index contributed by atoms with van der Waals surface area (Å²) in [5.41, 5.74) is 19.2. The number of carbonyl (C=O) groups excluding carboxylic acids is 3. The Morgan fingerprint density at radius 1 is 0.407 bits per heavy atom. The highest BCUT2D eigenvalue weighted by Gasteiger charge is 2.36. The van der Waals surface area contributed by atoms with Crippen LogP contribution in [0.15, 0.2) is 244 Å². The molecule has 3 aliphatic rings. The van der Waals surface area contributed by atoms with Crippen molar-refractivity contribution in [2.45, 2.75) is 78.1 Å². The molecular formula is C109H117FN24O11. The third-order valence-electron chi connectivity index (χ3n) is 24.6. The largest absolute Gasteiger partial charge is 0.497 e. The number of nitrogens with one attached hydrogen (secondary N) is 3. The molecule has 3 amide bonds. The summed E-state index contributed by atoms with van der Waals surface area (Å²) in [6.07, 6.45) is 26.7. The summed E-state index contributed by atoms with van der Waals surface area (Å²) in [6.45, 7) is 13.1. The first-order valence-electron chi connectivity index (χ1n) is 50.6. The first-order chi connectivity index (χ1) is 72.7. The van der Waals surface area contributed by atoms with Crippen molar-refractivity contribution in [3.05, 3.63) is 261 Å². The predicted molar refractivity (Wildman–Crippen MR) is 558 cm³/mol. The lowest BCUT2D eigenvalue weighted by atomic mass is 10.1. The van der Waals surface area contributed by atoms with Crippen LogP contribution >= 0.6 is 0 Å². The number of halogens is 1. The zero-order valence-corrected chi connectivity index (χ0v) is 82.6. The van der Waals surface area contributed by atoms with Gasteiger partial charge in [-0.25, -0.2) is 29.0 Å². The number of fused-ring (bicyclic) bond motifs is 5. The minimum absolute atomic E-state index is 0.0485. The molecule has 1 saturated carbocycles. The maximum Gasteiger partial charge on any atom is 0.261 e. The molecule has 3 N–H and O–H groups in total. The number of methoxy groups -OCH3 is 7. The second kappa shape index (κ2) is 46.0. The second-order valence-corrected chi connectivity index (χ2v) is 35.5. The number of ether oxygens (including phenoxy) is 8. The fourth-order valence-corrected chi connectivity index (χ4v) is 17.0. The molecule has 145 heavy (non-hydrogen) atoms. The Morgan fingerprint density at radius 3 is 1.10 bits per heavy atom. The lowest BCUT2D eigenvalue weighted by Gasteiger charge is -2.27. The average Bonchev–Trinajstić information content (AvgIpc) is 1.73. The molecule has 36 heteroatoms. The summed E-state index contributed by atoms with van der Waals surface area (Å²) >= 11 is 0. The van der Waals surface area contributed by atoms with Crippen LogP contribution in [0.4, 0.5) is 49.9 Å². The molecule has 9 aromatic carbocycles. The Hall–Kier alpha value is -16.6. The van der Waals surface area contributed by atoms with Gasteiger partial charge >= 0.3 is 0 Å². The number of rotatable bonds is 35. The molecule has 35 nitrogen and oxygen atoms in total. The van der Waals surface area contributed by atoms with E-state index in [9.17, 15) is 18.8 Å². The highest BCUT2D eigenvalue weighted by Crippen LogP contribution is 2.41. The fraction of sp³-hybridized carbons (Fsp3) is 0.294. The van der Waals surface area contributed by atoms with E-state index in [0.717, 1.165) is 145 Å². The van der Waals surface area contributed by atoms with Gasteiger partial charge < -0.3 is 73.4 Å². The molecule has 0 radical (unpaired) electrons. The number of hydrogen-bond donors (Lipinski definition) is 3. The lowest BCUT2D eigenvalue weighted by Crippen LogP contribution is -2.37. The molecule has 8 aromatic heterocycles. The van der Waals surface area contributed by atoms with Crippen molar-refractivity contribution in [1.29, 1.82) is 0 Å². The van der Waals surface area contributed by atoms with Gasteiger partial charge in [0.05, 0.1) is 185 Å². The van der Waals surface area contributed by atoms with E-state index in [0.29, 0.717) is 119 Å². The maximum atomic E-state index is 14.6. The van der Waals surface area contributed by atoms with Crippen molar-refractivity contribution in [2.75, 3.05) is 128 Å². The average molecular weight is 1960 g/mol. The molecule has 0 spiro atoms. The van der Waals surface area contributed by atoms with Crippen molar-refractivity contribution in [3.63, 3.8) is 0 Å². The van der Waals surface area contributed by atoms with E-state index in [4.69, 9.17) is 66.1 Å². The van der Waals surface area contributed by atoms with E-state index < -0.39 is 19.9 Å². The second-order valence-electron chi connectivity index (χ2n) is 35.5. The van der Waals surface area contributed by atoms with Crippen LogP contribution in [0.2, 0.25) is 0 Å². The predicted octanol–water partition coefficient (Wildman–Crippen LogP) is 17.9. The summed E-state index contributed by atoms with van der Waals surface area (Å²) < 4.78 is 110. The minimum Gasteiger partial charge on any atom is -0.497 e. The monoisotopic (exact) mass is 1960 g/mol. The van der Waals surface area contributed by atoms with Crippen LogP contribution in [0.3, 0.4) is 0 Å². The van der Waals surface area contributed by atoms with Crippen LogP contribution in [0, 0.1) is 11.7 Å². The van der Waals surface area contributed by atoms with Crippen LogP contribution in [-0.2, 0) is 30.7 Å². The van der Waals surface area contributed by atoms with Gasteiger partial charge in [-0.3, -0.25) is 53.3 Å². The van der Waals surface area contributed by atoms with Crippen molar-refractivity contribution in [2.24, 2.45) is 27.1 Å². The van der Waals surface area contributed by atoms with Crippen molar-refractivity contribution >= 4 is 107 Å². The smallest absolute Gasteiger partial charge is 0.261 e. The van der Waals surface area contributed by atoms with Crippen LogP contribution in [0.1, 0.15) is 95.0 Å². The zero-order valence-electron chi connectivity index (χ0n) is 88.6. The van der Waals surface area contributed by atoms with Crippen LogP contribution < -0.4 is 68.7 Å². The molecule has 17 aromatic rings. The van der Waals surface area contributed by atoms with Gasteiger partial charge in [-0.1, -0.05) is 39.8 Å². The first kappa shape index (κ1) is 92.1. The summed E-state index contributed by atoms with van der Waals surface area (Å²) in [4.78, 5) is 85.2. The lowest BCUT2D eigenvalue weighted by molar-refractivity contribution is -0.122. The Morgan fingerprint density at radius 2 is 0.759 bits per heavy atom. The van der Waals surface area contributed by atoms with Gasteiger partial charge in [-0.05, 0) is 123 Å². The highest BCUT2D eigenvalue weighted by atomic mass is 19.1. The van der Waals surface area contributed by atoms with E-state index in [1.807, 2.05) is 159 Å². The van der Waals surface area contributed by atoms with Crippen molar-refractivity contribution in [3.8, 4) is 85.3 Å². The van der Waals surface area contributed by atoms with Crippen molar-refractivity contribution in [1.82, 2.24) is 99.8 Å². The van der Waals surface area contributed by atoms with Gasteiger partial charge in [0.2, 0.25) is 5.91 Å². The Labute approximate surface area is 847 Å². The molecule has 0 bridgehead atoms. The van der Waals surface area contributed by atoms with Crippen LogP contribution in [-0.4, -0.2) is 222 Å². The number of amides is 3. The van der Waals surface area contributed by atoms with Gasteiger partial charge in [0.25, 0.3) is 11.8 Å². The number of aromatic nitrogens is 16. The number of hydrogen-bond acceptors (Lipinski definition) is 29. The summed E-state index contributed by atoms with van der Waals surface area (Å²) in [5, 5.41) is 27.1. The van der Waals surface area contributed by atoms with E-state index in [1.54, 1.807) is 140 Å². The van der Waals surface area contributed by atoms with Gasteiger partial charge in [0.1, 0.15) is 52.3 Å². The summed E-state index contributed by atoms with van der Waals surface area (Å²) in [5.74, 6) is 2.21. The zero-order chi connectivity index (χ0) is 106. The molecule has 1 atom stereocenters. The summed E-state index contributed by atoms with van der Waals surface area (Å²) in [7, 11) is 8.20. The number of carbonyl (C=O) groups is 3. The molecule has 746 valence electrons. The number of imide groups is 1. The van der Waals surface area contributed by atoms with Crippen LogP contribution in [0.25, 0.3) is 89.2 Å². The van der Waals surface area contributed by atoms with Crippen LogP contribution in [0.5, 0.6) is 40.2 Å². The molecule has 1 saturated heterocycles. The Balaban J connectivity index is 0.000000137. The highest BCUT2D eigenvalue weighted by molar-refractivity contribution is 6.21. The third-order valence-corrected chi connectivity index (χ3v) is 24.6. The fourth-order valence-electron chi connectivity index (χ4n) is 17.0. The van der Waals surface area contributed by atoms with Gasteiger partial charge in [0.15, 0.2) is 0 Å². The van der Waals surface area contributed by atoms with Gasteiger partial charge in [-0.2, -0.15) is 20.4 Å². The minimum atomic E-state index is -2.58. The SMILES string of the molecule is COc1cc(F)cc(N(CCN2C(=O)c3ccccc3C2=O)c2ccc3ncc(-c4cnn(C)c4)nc3c2)c1.COc1cc(OC)cc(N(CCNC(=O)C2CC2)c2ccc3ncc(-c4cnn(C)c4)nc3c2)c1.[2H]C([2H])([2H])Oc1cc(OC)cc(N(CCNC(C)C)c2ccc3ncc(-c4cnn(C)c4)nc3c2)c1.[2H]C([2H])([2H])Oc1cc(OC)cc(N(CCNC(C)C)c2ccc3ncc(-c4cnn(C5CCCCO5)c4)nc3c2)c1. The third kappa shape index (κ3) is 24.4. The molecule has 1 aliphatic carbocycles. The number of anilines is 8. The number of aryl methyl sites for hydroxylation is 3. The first-order valence-corrected chi connectivity index (χ1v) is 47.6. The van der Waals surface area contributed by atoms with Gasteiger partial charge in [-0.15, -0.1) is 0 Å². The maximum absolute atomic E-state index is 14.6.